The van der Waals surface area contributed by atoms with Gasteiger partial charge in [-0.3, -0.25) is 9.29 Å². The lowest BCUT2D eigenvalue weighted by molar-refractivity contribution is 0.414. The topological polar surface area (TPSA) is 145 Å². The van der Waals surface area contributed by atoms with Gasteiger partial charge in [0.25, 0.3) is 0 Å². The SMILES string of the molecule is COc1ccc(Cn2c(=O)[nH]c3c(N)nc(NS(C)(=O)=O)nc32)cc1. The zero-order valence-corrected chi connectivity index (χ0v) is 14.3. The molecule has 0 fully saturated rings. The molecular formula is C14H16N6O4S. The first-order valence-corrected chi connectivity index (χ1v) is 9.03. The van der Waals surface area contributed by atoms with Crippen LogP contribution in [0.15, 0.2) is 29.1 Å². The molecule has 25 heavy (non-hydrogen) atoms. The van der Waals surface area contributed by atoms with Gasteiger partial charge in [-0.25, -0.2) is 13.2 Å². The largest absolute Gasteiger partial charge is 0.497 e. The number of anilines is 2. The summed E-state index contributed by atoms with van der Waals surface area (Å²) < 4.78 is 31.3. The molecule has 10 nitrogen and oxygen atoms in total. The number of nitrogen functional groups attached to an aromatic ring is 1. The highest BCUT2D eigenvalue weighted by Crippen LogP contribution is 2.18. The molecule has 0 amide bonds. The van der Waals surface area contributed by atoms with E-state index in [-0.39, 0.29) is 29.5 Å². The third-order valence-electron chi connectivity index (χ3n) is 3.43. The molecule has 0 unspecified atom stereocenters. The van der Waals surface area contributed by atoms with E-state index in [2.05, 4.69) is 19.7 Å². The van der Waals surface area contributed by atoms with Gasteiger partial charge in [-0.2, -0.15) is 9.97 Å². The first-order chi connectivity index (χ1) is 11.8. The van der Waals surface area contributed by atoms with Crippen LogP contribution in [-0.2, 0) is 16.6 Å². The number of imidazole rings is 1. The van der Waals surface area contributed by atoms with Crippen LogP contribution < -0.4 is 20.9 Å². The third-order valence-corrected chi connectivity index (χ3v) is 3.98. The number of benzene rings is 1. The highest BCUT2D eigenvalue weighted by atomic mass is 32.2. The second-order valence-corrected chi connectivity index (χ2v) is 7.12. The van der Waals surface area contributed by atoms with Crippen molar-refractivity contribution in [2.45, 2.75) is 6.54 Å². The fraction of sp³-hybridized carbons (Fsp3) is 0.214. The molecule has 3 aromatic rings. The van der Waals surface area contributed by atoms with E-state index in [1.807, 2.05) is 12.1 Å². The standard InChI is InChI=1S/C14H16N6O4S/c1-24-9-5-3-8(4-6-9)7-20-12-10(16-14(20)21)11(15)17-13(18-12)19-25(2,22)23/h3-6H,7H2,1-2H3,(H,16,21)(H3,15,17,18,19). The predicted molar refractivity (Wildman–Crippen MR) is 93.1 cm³/mol. The number of sulfonamides is 1. The molecule has 0 atom stereocenters. The van der Waals surface area contributed by atoms with E-state index in [1.54, 1.807) is 19.2 Å². The van der Waals surface area contributed by atoms with Crippen LogP contribution in [0, 0.1) is 0 Å². The molecule has 0 aliphatic rings. The summed E-state index contributed by atoms with van der Waals surface area (Å²) in [5.74, 6) is 0.470. The normalized spacial score (nSPS) is 11.6. The van der Waals surface area contributed by atoms with Gasteiger partial charge in [0.2, 0.25) is 16.0 Å². The summed E-state index contributed by atoms with van der Waals surface area (Å²) in [5.41, 5.74) is 6.66. The quantitative estimate of drug-likeness (QED) is 0.583. The van der Waals surface area contributed by atoms with Crippen LogP contribution >= 0.6 is 0 Å². The van der Waals surface area contributed by atoms with Crippen molar-refractivity contribution >= 4 is 33.0 Å². The van der Waals surface area contributed by atoms with Gasteiger partial charge in [-0.15, -0.1) is 0 Å². The fourth-order valence-electron chi connectivity index (χ4n) is 2.32. The molecule has 2 aromatic heterocycles. The zero-order valence-electron chi connectivity index (χ0n) is 13.5. The Labute approximate surface area is 142 Å². The molecule has 0 bridgehead atoms. The number of aromatic amines is 1. The minimum absolute atomic E-state index is 0.0262. The lowest BCUT2D eigenvalue weighted by atomic mass is 10.2. The molecule has 3 rings (SSSR count). The Bertz CT molecular complexity index is 1080. The lowest BCUT2D eigenvalue weighted by Crippen LogP contribution is -2.18. The predicted octanol–water partition coefficient (Wildman–Crippen LogP) is 0.130. The Morgan fingerprint density at radius 2 is 1.96 bits per heavy atom. The second kappa shape index (κ2) is 6.09. The van der Waals surface area contributed by atoms with E-state index in [0.29, 0.717) is 5.75 Å². The summed E-state index contributed by atoms with van der Waals surface area (Å²) in [7, 11) is -2.01. The molecule has 1 aromatic carbocycles. The molecule has 132 valence electrons. The Morgan fingerprint density at radius 1 is 1.28 bits per heavy atom. The van der Waals surface area contributed by atoms with Gasteiger partial charge in [-0.05, 0) is 17.7 Å². The van der Waals surface area contributed by atoms with E-state index in [9.17, 15) is 13.2 Å². The minimum atomic E-state index is -3.58. The van der Waals surface area contributed by atoms with Crippen LogP contribution in [0.5, 0.6) is 5.75 Å². The summed E-state index contributed by atoms with van der Waals surface area (Å²) in [5, 5.41) is 0. The van der Waals surface area contributed by atoms with Crippen molar-refractivity contribution in [3.8, 4) is 5.75 Å². The first kappa shape index (κ1) is 16.8. The molecule has 0 spiro atoms. The molecule has 4 N–H and O–H groups in total. The fourth-order valence-corrected chi connectivity index (χ4v) is 2.75. The number of nitrogens with one attached hydrogen (secondary N) is 2. The molecule has 0 aliphatic heterocycles. The van der Waals surface area contributed by atoms with Crippen LogP contribution in [0.4, 0.5) is 11.8 Å². The van der Waals surface area contributed by atoms with Gasteiger partial charge in [0, 0.05) is 0 Å². The maximum atomic E-state index is 12.2. The Kier molecular flexibility index (Phi) is 4.08. The van der Waals surface area contributed by atoms with Crippen molar-refractivity contribution in [3.63, 3.8) is 0 Å². The van der Waals surface area contributed by atoms with Gasteiger partial charge < -0.3 is 15.5 Å². The number of fused-ring (bicyclic) bond motifs is 1. The second-order valence-electron chi connectivity index (χ2n) is 5.37. The van der Waals surface area contributed by atoms with E-state index in [4.69, 9.17) is 10.5 Å². The monoisotopic (exact) mass is 364 g/mol. The van der Waals surface area contributed by atoms with E-state index in [0.717, 1.165) is 11.8 Å². The summed E-state index contributed by atoms with van der Waals surface area (Å²) in [4.78, 5) is 22.8. The van der Waals surface area contributed by atoms with Crippen molar-refractivity contribution < 1.29 is 13.2 Å². The van der Waals surface area contributed by atoms with Crippen molar-refractivity contribution in [3.05, 3.63) is 40.3 Å². The Balaban J connectivity index is 2.07. The maximum absolute atomic E-state index is 12.2. The first-order valence-electron chi connectivity index (χ1n) is 7.13. The summed E-state index contributed by atoms with van der Waals surface area (Å²) in [6.45, 7) is 0.220. The third kappa shape index (κ3) is 3.55. The number of methoxy groups -OCH3 is 1. The highest BCUT2D eigenvalue weighted by molar-refractivity contribution is 7.91. The number of H-pyrrole nitrogens is 1. The average Bonchev–Trinajstić information content (AvgIpc) is 2.84. The number of rotatable bonds is 5. The summed E-state index contributed by atoms with van der Waals surface area (Å²) >= 11 is 0. The number of hydrogen-bond acceptors (Lipinski definition) is 7. The molecule has 0 aliphatic carbocycles. The van der Waals surface area contributed by atoms with Crippen LogP contribution in [0.25, 0.3) is 11.2 Å². The summed E-state index contributed by atoms with van der Waals surface area (Å²) in [6.07, 6.45) is 0.971. The van der Waals surface area contributed by atoms with Gasteiger partial charge >= 0.3 is 5.69 Å². The molecule has 11 heteroatoms. The molecule has 2 heterocycles. The van der Waals surface area contributed by atoms with Gasteiger partial charge in [0.1, 0.15) is 11.3 Å². The van der Waals surface area contributed by atoms with E-state index >= 15 is 0 Å². The highest BCUT2D eigenvalue weighted by Gasteiger charge is 2.15. The van der Waals surface area contributed by atoms with Crippen molar-refractivity contribution in [2.75, 3.05) is 23.8 Å². The zero-order chi connectivity index (χ0) is 18.2. The number of nitrogens with two attached hydrogens (primary N) is 1. The average molecular weight is 364 g/mol. The Morgan fingerprint density at radius 3 is 2.56 bits per heavy atom. The summed E-state index contributed by atoms with van der Waals surface area (Å²) in [6, 6.07) is 7.17. The van der Waals surface area contributed by atoms with Crippen molar-refractivity contribution in [1.82, 2.24) is 19.5 Å². The number of aromatic nitrogens is 4. The molecule has 0 radical (unpaired) electrons. The van der Waals surface area contributed by atoms with Gasteiger partial charge in [-0.1, -0.05) is 12.1 Å². The van der Waals surface area contributed by atoms with Gasteiger partial charge in [0.15, 0.2) is 11.5 Å². The van der Waals surface area contributed by atoms with Crippen molar-refractivity contribution in [2.24, 2.45) is 0 Å². The maximum Gasteiger partial charge on any atom is 0.328 e. The Hall–Kier alpha value is -3.08. The number of hydrogen-bond donors (Lipinski definition) is 3. The minimum Gasteiger partial charge on any atom is -0.497 e. The lowest BCUT2D eigenvalue weighted by Gasteiger charge is -2.07. The van der Waals surface area contributed by atoms with Gasteiger partial charge in [0.05, 0.1) is 19.9 Å². The van der Waals surface area contributed by atoms with E-state index < -0.39 is 15.7 Å². The van der Waals surface area contributed by atoms with Crippen molar-refractivity contribution in [1.29, 1.82) is 0 Å². The van der Waals surface area contributed by atoms with Crippen LogP contribution in [0.3, 0.4) is 0 Å². The molecule has 0 saturated heterocycles. The smallest absolute Gasteiger partial charge is 0.328 e. The van der Waals surface area contributed by atoms with Crippen LogP contribution in [-0.4, -0.2) is 41.3 Å². The number of ether oxygens (including phenoxy) is 1. The number of nitrogens with zero attached hydrogens (tertiary/aromatic N) is 3. The molecular weight excluding hydrogens is 348 g/mol. The van der Waals surface area contributed by atoms with E-state index in [1.165, 1.54) is 4.57 Å². The van der Waals surface area contributed by atoms with Crippen LogP contribution in [0.1, 0.15) is 5.56 Å². The molecule has 0 saturated carbocycles. The van der Waals surface area contributed by atoms with Crippen LogP contribution in [0.2, 0.25) is 0 Å².